The lowest BCUT2D eigenvalue weighted by Crippen LogP contribution is -2.40. The Kier molecular flexibility index (Phi) is 13.2. The van der Waals surface area contributed by atoms with Gasteiger partial charge in [-0.05, 0) is 47.4 Å². The molecular weight excluding hydrogens is 514 g/mol. The van der Waals surface area contributed by atoms with Crippen LogP contribution in [0.5, 0.6) is 5.75 Å². The summed E-state index contributed by atoms with van der Waals surface area (Å²) >= 11 is 0. The molecule has 0 fully saturated rings. The molecular formula is C33H43N5O3. The van der Waals surface area contributed by atoms with Gasteiger partial charge in [0.2, 0.25) is 11.8 Å². The van der Waals surface area contributed by atoms with Gasteiger partial charge in [0.25, 0.3) is 0 Å². The molecule has 8 nitrogen and oxygen atoms in total. The van der Waals surface area contributed by atoms with Crippen molar-refractivity contribution in [3.8, 4) is 5.75 Å². The molecule has 0 aliphatic rings. The third kappa shape index (κ3) is 11.7. The predicted molar refractivity (Wildman–Crippen MR) is 164 cm³/mol. The highest BCUT2D eigenvalue weighted by molar-refractivity contribution is 5.88. The van der Waals surface area contributed by atoms with Crippen LogP contribution in [0.1, 0.15) is 81.0 Å². The van der Waals surface area contributed by atoms with E-state index in [0.29, 0.717) is 36.6 Å². The van der Waals surface area contributed by atoms with Crippen LogP contribution in [0.3, 0.4) is 0 Å². The molecule has 3 aromatic rings. The topological polar surface area (TPSA) is 132 Å². The fourth-order valence-corrected chi connectivity index (χ4v) is 4.40. The molecule has 3 aromatic carbocycles. The van der Waals surface area contributed by atoms with E-state index in [-0.39, 0.29) is 17.8 Å². The van der Waals surface area contributed by atoms with Crippen LogP contribution < -0.4 is 26.8 Å². The molecule has 3 rings (SSSR count). The number of nitrogens with zero attached hydrogens (tertiary/aromatic N) is 1. The summed E-state index contributed by atoms with van der Waals surface area (Å²) in [6.45, 7) is 2.94. The summed E-state index contributed by atoms with van der Waals surface area (Å²) in [5.41, 5.74) is 14.1. The van der Waals surface area contributed by atoms with Crippen molar-refractivity contribution in [2.75, 3.05) is 0 Å². The summed E-state index contributed by atoms with van der Waals surface area (Å²) in [5, 5.41) is 5.90. The second-order valence-corrected chi connectivity index (χ2v) is 10.1. The molecule has 0 spiro atoms. The number of guanidine groups is 1. The van der Waals surface area contributed by atoms with E-state index in [2.05, 4.69) is 22.5 Å². The van der Waals surface area contributed by atoms with Crippen LogP contribution >= 0.6 is 0 Å². The Hall–Kier alpha value is -4.33. The zero-order valence-corrected chi connectivity index (χ0v) is 24.0. The highest BCUT2D eigenvalue weighted by atomic mass is 16.5. The van der Waals surface area contributed by atoms with E-state index in [1.165, 1.54) is 25.7 Å². The Balaban J connectivity index is 1.61. The lowest BCUT2D eigenvalue weighted by atomic mass is 10.0. The Morgan fingerprint density at radius 1 is 0.805 bits per heavy atom. The molecule has 0 radical (unpaired) electrons. The molecule has 1 atom stereocenters. The number of hydrogen-bond acceptors (Lipinski definition) is 4. The third-order valence-electron chi connectivity index (χ3n) is 6.70. The van der Waals surface area contributed by atoms with E-state index in [1.54, 1.807) is 12.1 Å². The van der Waals surface area contributed by atoms with Crippen LogP contribution in [0.15, 0.2) is 83.9 Å². The molecule has 0 saturated heterocycles. The number of amides is 2. The summed E-state index contributed by atoms with van der Waals surface area (Å²) in [6.07, 6.45) is 8.26. The summed E-state index contributed by atoms with van der Waals surface area (Å²) in [7, 11) is 0. The van der Waals surface area contributed by atoms with Gasteiger partial charge < -0.3 is 26.8 Å². The molecule has 0 bridgehead atoms. The van der Waals surface area contributed by atoms with Gasteiger partial charge in [-0.15, -0.1) is 0 Å². The number of benzene rings is 3. The van der Waals surface area contributed by atoms with Crippen molar-refractivity contribution in [2.24, 2.45) is 16.5 Å². The SMILES string of the molecule is CCCCCCCCCC(=O)N[C@H](C(=O)NCc1ccc(N=C(N)N)cc1)c1ccc(OCc2ccccc2)cc1. The summed E-state index contributed by atoms with van der Waals surface area (Å²) in [6, 6.07) is 23.6. The first-order valence-electron chi connectivity index (χ1n) is 14.5. The lowest BCUT2D eigenvalue weighted by molar-refractivity contribution is -0.129. The van der Waals surface area contributed by atoms with E-state index in [9.17, 15) is 9.59 Å². The number of ether oxygens (including phenoxy) is 1. The van der Waals surface area contributed by atoms with Crippen LogP contribution in [-0.2, 0) is 22.7 Å². The van der Waals surface area contributed by atoms with Gasteiger partial charge in [0, 0.05) is 13.0 Å². The first-order chi connectivity index (χ1) is 19.9. The quantitative estimate of drug-likeness (QED) is 0.0948. The fraction of sp³-hybridized carbons (Fsp3) is 0.364. The first-order valence-corrected chi connectivity index (χ1v) is 14.5. The molecule has 41 heavy (non-hydrogen) atoms. The minimum atomic E-state index is -0.823. The van der Waals surface area contributed by atoms with Gasteiger partial charge in [0.15, 0.2) is 5.96 Å². The normalized spacial score (nSPS) is 11.3. The molecule has 0 aliphatic heterocycles. The van der Waals surface area contributed by atoms with Crippen molar-refractivity contribution in [1.29, 1.82) is 0 Å². The standard InChI is InChI=1S/C33H43N5O3/c1-2-3-4-5-6-7-11-14-30(39)38-31(32(40)36-23-25-15-19-28(20-16-25)37-33(34)35)27-17-21-29(22-18-27)41-24-26-12-9-8-10-13-26/h8-10,12-13,15-22,31H,2-7,11,14,23-24H2,1H3,(H,36,40)(H,38,39)(H4,34,35,37)/t31-/m0/s1. The van der Waals surface area contributed by atoms with Crippen molar-refractivity contribution in [3.63, 3.8) is 0 Å². The fourth-order valence-electron chi connectivity index (χ4n) is 4.40. The van der Waals surface area contributed by atoms with E-state index in [1.807, 2.05) is 66.7 Å². The second-order valence-electron chi connectivity index (χ2n) is 10.1. The second kappa shape index (κ2) is 17.4. The molecule has 8 heteroatoms. The van der Waals surface area contributed by atoms with E-state index >= 15 is 0 Å². The third-order valence-corrected chi connectivity index (χ3v) is 6.70. The van der Waals surface area contributed by atoms with Gasteiger partial charge in [-0.3, -0.25) is 9.59 Å². The van der Waals surface area contributed by atoms with Gasteiger partial charge in [0.05, 0.1) is 5.69 Å². The zero-order chi connectivity index (χ0) is 29.3. The molecule has 0 heterocycles. The summed E-state index contributed by atoms with van der Waals surface area (Å²) < 4.78 is 5.90. The van der Waals surface area contributed by atoms with Gasteiger partial charge in [-0.2, -0.15) is 0 Å². The maximum atomic E-state index is 13.3. The van der Waals surface area contributed by atoms with Crippen LogP contribution in [0.4, 0.5) is 5.69 Å². The largest absolute Gasteiger partial charge is 0.489 e. The number of hydrogen-bond donors (Lipinski definition) is 4. The van der Waals surface area contributed by atoms with Crippen molar-refractivity contribution in [2.45, 2.75) is 77.5 Å². The van der Waals surface area contributed by atoms with Crippen molar-refractivity contribution < 1.29 is 14.3 Å². The predicted octanol–water partition coefficient (Wildman–Crippen LogP) is 5.78. The summed E-state index contributed by atoms with van der Waals surface area (Å²) in [4.78, 5) is 30.2. The zero-order valence-electron chi connectivity index (χ0n) is 24.0. The van der Waals surface area contributed by atoms with Crippen molar-refractivity contribution in [1.82, 2.24) is 10.6 Å². The molecule has 0 saturated carbocycles. The minimum Gasteiger partial charge on any atom is -0.489 e. The average Bonchev–Trinajstić information content (AvgIpc) is 2.98. The first kappa shape index (κ1) is 31.2. The highest BCUT2D eigenvalue weighted by Gasteiger charge is 2.22. The Morgan fingerprint density at radius 2 is 1.46 bits per heavy atom. The maximum absolute atomic E-state index is 13.3. The number of nitrogens with one attached hydrogen (secondary N) is 2. The van der Waals surface area contributed by atoms with E-state index in [0.717, 1.165) is 30.4 Å². The molecule has 218 valence electrons. The highest BCUT2D eigenvalue weighted by Crippen LogP contribution is 2.21. The monoisotopic (exact) mass is 557 g/mol. The molecule has 2 amide bonds. The van der Waals surface area contributed by atoms with Crippen LogP contribution in [0.2, 0.25) is 0 Å². The van der Waals surface area contributed by atoms with Gasteiger partial charge in [-0.1, -0.05) is 100 Å². The van der Waals surface area contributed by atoms with Crippen LogP contribution in [-0.4, -0.2) is 17.8 Å². The number of nitrogens with two attached hydrogens (primary N) is 2. The Labute approximate surface area is 243 Å². The number of carbonyl (C=O) groups excluding carboxylic acids is 2. The number of unbranched alkanes of at least 4 members (excludes halogenated alkanes) is 6. The average molecular weight is 558 g/mol. The minimum absolute atomic E-state index is 0.0161. The summed E-state index contributed by atoms with van der Waals surface area (Å²) in [5.74, 6) is 0.249. The molecule has 0 unspecified atom stereocenters. The Morgan fingerprint density at radius 3 is 2.12 bits per heavy atom. The Bertz CT molecular complexity index is 1220. The smallest absolute Gasteiger partial charge is 0.247 e. The van der Waals surface area contributed by atoms with Crippen molar-refractivity contribution >= 4 is 23.5 Å². The van der Waals surface area contributed by atoms with Gasteiger partial charge >= 0.3 is 0 Å². The molecule has 6 N–H and O–H groups in total. The maximum Gasteiger partial charge on any atom is 0.247 e. The van der Waals surface area contributed by atoms with Crippen molar-refractivity contribution in [3.05, 3.63) is 95.6 Å². The van der Waals surface area contributed by atoms with Gasteiger partial charge in [0.1, 0.15) is 18.4 Å². The molecule has 0 aromatic heterocycles. The number of carbonyl (C=O) groups is 2. The number of aliphatic imine (C=N–C) groups is 1. The lowest BCUT2D eigenvalue weighted by Gasteiger charge is -2.20. The van der Waals surface area contributed by atoms with Crippen LogP contribution in [0, 0.1) is 0 Å². The van der Waals surface area contributed by atoms with Gasteiger partial charge in [-0.25, -0.2) is 4.99 Å². The number of rotatable bonds is 17. The van der Waals surface area contributed by atoms with Crippen LogP contribution in [0.25, 0.3) is 0 Å². The molecule has 0 aliphatic carbocycles. The van der Waals surface area contributed by atoms with E-state index < -0.39 is 6.04 Å². The van der Waals surface area contributed by atoms with E-state index in [4.69, 9.17) is 16.2 Å².